The quantitative estimate of drug-likeness (QED) is 0.799. The summed E-state index contributed by atoms with van der Waals surface area (Å²) in [5, 5.41) is 0. The molecule has 0 amide bonds. The van der Waals surface area contributed by atoms with Gasteiger partial charge in [0.25, 0.3) is 0 Å². The van der Waals surface area contributed by atoms with Crippen molar-refractivity contribution in [1.82, 2.24) is 4.31 Å². The third-order valence-corrected chi connectivity index (χ3v) is 6.36. The van der Waals surface area contributed by atoms with E-state index < -0.39 is 10.0 Å². The number of halogens is 1. The van der Waals surface area contributed by atoms with Gasteiger partial charge in [-0.2, -0.15) is 4.31 Å². The first-order valence-electron chi connectivity index (χ1n) is 7.28. The van der Waals surface area contributed by atoms with E-state index in [0.717, 1.165) is 22.9 Å². The second-order valence-corrected chi connectivity index (χ2v) is 8.69. The molecule has 0 aliphatic carbocycles. The minimum atomic E-state index is -3.42. The second kappa shape index (κ2) is 6.63. The monoisotopic (exact) mass is 371 g/mol. The Morgan fingerprint density at radius 3 is 2.52 bits per heavy atom. The van der Waals surface area contributed by atoms with Crippen molar-refractivity contribution in [1.29, 1.82) is 0 Å². The highest BCUT2D eigenvalue weighted by Gasteiger charge is 2.36. The van der Waals surface area contributed by atoms with Gasteiger partial charge in [0.05, 0.1) is 10.9 Å². The van der Waals surface area contributed by atoms with Gasteiger partial charge >= 0.3 is 0 Å². The standard InChI is InChI=1S/C16H22BrNO2S/c1-12(2)11-15(17)16-5-4-10-18(16)21(19,20)14-8-6-13(3)7-9-14/h6-9,11-12,16H,4-5,10H2,1-3H3/b15-11-. The molecule has 0 spiro atoms. The van der Waals surface area contributed by atoms with E-state index in [1.54, 1.807) is 16.4 Å². The van der Waals surface area contributed by atoms with Crippen LogP contribution in [0, 0.1) is 12.8 Å². The Morgan fingerprint density at radius 2 is 1.95 bits per heavy atom. The van der Waals surface area contributed by atoms with E-state index >= 15 is 0 Å². The Hall–Kier alpha value is -0.650. The molecular weight excluding hydrogens is 350 g/mol. The first-order valence-corrected chi connectivity index (χ1v) is 9.51. The molecule has 0 saturated carbocycles. The third-order valence-electron chi connectivity index (χ3n) is 3.64. The Labute approximate surface area is 136 Å². The molecule has 116 valence electrons. The van der Waals surface area contributed by atoms with Crippen LogP contribution >= 0.6 is 15.9 Å². The van der Waals surface area contributed by atoms with Gasteiger partial charge in [0.1, 0.15) is 0 Å². The second-order valence-electron chi connectivity index (χ2n) is 5.88. The summed E-state index contributed by atoms with van der Waals surface area (Å²) in [6.07, 6.45) is 3.86. The van der Waals surface area contributed by atoms with E-state index in [0.29, 0.717) is 17.4 Å². The van der Waals surface area contributed by atoms with Gasteiger partial charge in [0.2, 0.25) is 10.0 Å². The molecule has 1 atom stereocenters. The Balaban J connectivity index is 2.32. The van der Waals surface area contributed by atoms with Crippen LogP contribution in [-0.4, -0.2) is 25.3 Å². The van der Waals surface area contributed by atoms with Crippen molar-refractivity contribution in [3.63, 3.8) is 0 Å². The van der Waals surface area contributed by atoms with Gasteiger partial charge in [0.15, 0.2) is 0 Å². The zero-order valence-electron chi connectivity index (χ0n) is 12.7. The Bertz CT molecular complexity index is 620. The topological polar surface area (TPSA) is 37.4 Å². The molecular formula is C16H22BrNO2S. The number of allylic oxidation sites excluding steroid dienone is 1. The molecule has 1 aromatic carbocycles. The van der Waals surface area contributed by atoms with E-state index in [1.165, 1.54) is 0 Å². The number of benzene rings is 1. The Kier molecular flexibility index (Phi) is 5.28. The first kappa shape index (κ1) is 16.7. The summed E-state index contributed by atoms with van der Waals surface area (Å²) in [5.74, 6) is 0.393. The van der Waals surface area contributed by atoms with Crippen LogP contribution in [-0.2, 0) is 10.0 Å². The van der Waals surface area contributed by atoms with Crippen LogP contribution in [0.2, 0.25) is 0 Å². The fourth-order valence-electron chi connectivity index (χ4n) is 2.58. The van der Waals surface area contributed by atoms with Gasteiger partial charge in [-0.15, -0.1) is 0 Å². The molecule has 1 aliphatic heterocycles. The van der Waals surface area contributed by atoms with Crippen LogP contribution < -0.4 is 0 Å². The fourth-order valence-corrected chi connectivity index (χ4v) is 5.39. The predicted octanol–water partition coefficient (Wildman–Crippen LogP) is 4.08. The zero-order chi connectivity index (χ0) is 15.6. The van der Waals surface area contributed by atoms with E-state index in [-0.39, 0.29) is 6.04 Å². The molecule has 1 fully saturated rings. The highest BCUT2D eigenvalue weighted by molar-refractivity contribution is 9.11. The minimum Gasteiger partial charge on any atom is -0.207 e. The summed E-state index contributed by atoms with van der Waals surface area (Å²) in [6.45, 7) is 6.73. The molecule has 0 bridgehead atoms. The third kappa shape index (κ3) is 3.76. The van der Waals surface area contributed by atoms with Gasteiger partial charge < -0.3 is 0 Å². The molecule has 1 aromatic rings. The highest BCUT2D eigenvalue weighted by atomic mass is 79.9. The molecule has 3 nitrogen and oxygen atoms in total. The SMILES string of the molecule is Cc1ccc(S(=O)(=O)N2CCCC2/C(Br)=C/C(C)C)cc1. The molecule has 2 rings (SSSR count). The number of hydrogen-bond acceptors (Lipinski definition) is 2. The molecule has 0 radical (unpaired) electrons. The van der Waals surface area contributed by atoms with E-state index in [1.807, 2.05) is 19.1 Å². The van der Waals surface area contributed by atoms with Crippen LogP contribution in [0.3, 0.4) is 0 Å². The highest BCUT2D eigenvalue weighted by Crippen LogP contribution is 2.33. The van der Waals surface area contributed by atoms with Gasteiger partial charge in [-0.05, 0) is 37.8 Å². The maximum Gasteiger partial charge on any atom is 0.243 e. The summed E-state index contributed by atoms with van der Waals surface area (Å²) in [4.78, 5) is 0.379. The van der Waals surface area contributed by atoms with E-state index in [2.05, 4.69) is 35.9 Å². The van der Waals surface area contributed by atoms with E-state index in [4.69, 9.17) is 0 Å². The summed E-state index contributed by atoms with van der Waals surface area (Å²) in [7, 11) is -3.42. The van der Waals surface area contributed by atoms with Crippen molar-refractivity contribution >= 4 is 26.0 Å². The maximum absolute atomic E-state index is 12.8. The molecule has 1 aliphatic rings. The van der Waals surface area contributed by atoms with Crippen LogP contribution in [0.4, 0.5) is 0 Å². The van der Waals surface area contributed by atoms with Crippen molar-refractivity contribution in [2.24, 2.45) is 5.92 Å². The van der Waals surface area contributed by atoms with Gasteiger partial charge in [-0.1, -0.05) is 53.5 Å². The first-order chi connectivity index (χ1) is 9.82. The van der Waals surface area contributed by atoms with Crippen molar-refractivity contribution in [2.75, 3.05) is 6.54 Å². The lowest BCUT2D eigenvalue weighted by Crippen LogP contribution is -2.35. The molecule has 5 heteroatoms. The average Bonchev–Trinajstić information content (AvgIpc) is 2.88. The molecule has 1 unspecified atom stereocenters. The Morgan fingerprint density at radius 1 is 1.33 bits per heavy atom. The zero-order valence-corrected chi connectivity index (χ0v) is 15.1. The van der Waals surface area contributed by atoms with Crippen LogP contribution in [0.1, 0.15) is 32.3 Å². The van der Waals surface area contributed by atoms with E-state index in [9.17, 15) is 8.42 Å². The summed E-state index contributed by atoms with van der Waals surface area (Å²) < 4.78 is 28.3. The average molecular weight is 372 g/mol. The fraction of sp³-hybridized carbons (Fsp3) is 0.500. The summed E-state index contributed by atoms with van der Waals surface area (Å²) in [6, 6.07) is 7.01. The van der Waals surface area contributed by atoms with Gasteiger partial charge in [0, 0.05) is 11.0 Å². The van der Waals surface area contributed by atoms with Crippen LogP contribution in [0.5, 0.6) is 0 Å². The maximum atomic E-state index is 12.8. The number of sulfonamides is 1. The lowest BCUT2D eigenvalue weighted by Gasteiger charge is -2.24. The van der Waals surface area contributed by atoms with Gasteiger partial charge in [-0.25, -0.2) is 8.42 Å². The van der Waals surface area contributed by atoms with Crippen molar-refractivity contribution in [2.45, 2.75) is 44.6 Å². The van der Waals surface area contributed by atoms with Gasteiger partial charge in [-0.3, -0.25) is 0 Å². The van der Waals surface area contributed by atoms with Crippen molar-refractivity contribution < 1.29 is 8.42 Å². The van der Waals surface area contributed by atoms with Crippen LogP contribution in [0.15, 0.2) is 39.7 Å². The van der Waals surface area contributed by atoms with Crippen molar-refractivity contribution in [3.05, 3.63) is 40.4 Å². The minimum absolute atomic E-state index is 0.0706. The smallest absolute Gasteiger partial charge is 0.207 e. The molecule has 1 heterocycles. The predicted molar refractivity (Wildman–Crippen MR) is 89.9 cm³/mol. The molecule has 1 saturated heterocycles. The number of rotatable bonds is 4. The normalized spacial score (nSPS) is 21.2. The molecule has 0 aromatic heterocycles. The number of hydrogen-bond donors (Lipinski definition) is 0. The van der Waals surface area contributed by atoms with Crippen molar-refractivity contribution in [3.8, 4) is 0 Å². The summed E-state index contributed by atoms with van der Waals surface area (Å²) in [5.41, 5.74) is 1.06. The number of aryl methyl sites for hydroxylation is 1. The number of nitrogens with zero attached hydrogens (tertiary/aromatic N) is 1. The molecule has 0 N–H and O–H groups in total. The summed E-state index contributed by atoms with van der Waals surface area (Å²) >= 11 is 3.58. The lowest BCUT2D eigenvalue weighted by atomic mass is 10.1. The van der Waals surface area contributed by atoms with Crippen LogP contribution in [0.25, 0.3) is 0 Å². The lowest BCUT2D eigenvalue weighted by molar-refractivity contribution is 0.429. The molecule has 21 heavy (non-hydrogen) atoms. The largest absolute Gasteiger partial charge is 0.243 e.